The number of carbonyl (C=O) groups excluding carboxylic acids is 10. The van der Waals surface area contributed by atoms with Gasteiger partial charge in [-0.1, -0.05) is 148 Å². The second kappa shape index (κ2) is 37.4. The molecule has 21 heteroatoms. The van der Waals surface area contributed by atoms with E-state index in [4.69, 9.17) is 11.5 Å². The molecule has 0 unspecified atom stereocenters. The van der Waals surface area contributed by atoms with Crippen molar-refractivity contribution in [2.75, 3.05) is 13.1 Å². The summed E-state index contributed by atoms with van der Waals surface area (Å²) in [6.45, 7) is 24.7. The molecule has 0 bridgehead atoms. The van der Waals surface area contributed by atoms with Crippen molar-refractivity contribution in [3.05, 3.63) is 0 Å². The Labute approximate surface area is 448 Å². The monoisotopic (exact) mass is 1060 g/mol. The summed E-state index contributed by atoms with van der Waals surface area (Å²) in [6, 6.07) is -9.28. The number of primary amides is 1. The maximum atomic E-state index is 14.0. The third kappa shape index (κ3) is 27.9. The van der Waals surface area contributed by atoms with Gasteiger partial charge >= 0.3 is 0 Å². The Morgan fingerprint density at radius 2 is 0.680 bits per heavy atom. The van der Waals surface area contributed by atoms with Crippen molar-refractivity contribution in [2.24, 2.45) is 47.0 Å². The first-order valence-electron chi connectivity index (χ1n) is 27.8. The molecule has 8 atom stereocenters. The molecule has 432 valence electrons. The van der Waals surface area contributed by atoms with Gasteiger partial charge in [0.15, 0.2) is 0 Å². The minimum atomic E-state index is -1.35. The van der Waals surface area contributed by atoms with E-state index in [2.05, 4.69) is 54.8 Å². The molecule has 0 aliphatic heterocycles. The van der Waals surface area contributed by atoms with Gasteiger partial charge in [0, 0.05) is 13.5 Å². The molecular weight excluding hydrogens is 963 g/mol. The number of unbranched alkanes of at least 4 members (excludes halogenated alkanes) is 10. The Morgan fingerprint density at radius 3 is 0.973 bits per heavy atom. The van der Waals surface area contributed by atoms with Gasteiger partial charge in [-0.05, 0) is 67.7 Å². The highest BCUT2D eigenvalue weighted by Crippen LogP contribution is 2.15. The number of hydrogen-bond donors (Lipinski definition) is 11. The highest BCUT2D eigenvalue weighted by molar-refractivity contribution is 5.98. The van der Waals surface area contributed by atoms with E-state index in [0.717, 1.165) is 25.7 Å². The molecule has 0 aromatic rings. The van der Waals surface area contributed by atoms with Gasteiger partial charge in [0.05, 0.1) is 6.42 Å². The SMILES string of the molecule is CCCCCCCCCCCCNC(=O)C[C@H](NC(=O)[C@@H](NC(=O)[C@@H](NC(=O)[C@@H](NC(=O)[C@@H](NC(=O)[C@@H](NC(=O)[C@@H](NC(=O)[C@H](CCCCN)NC(C)=O)C(C)C)C(C)C)C(C)C)C(C)C)C(C)C)C(C)C)C(N)=O. The number of rotatable bonds is 39. The van der Waals surface area contributed by atoms with Gasteiger partial charge in [0.25, 0.3) is 0 Å². The zero-order valence-electron chi connectivity index (χ0n) is 48.1. The van der Waals surface area contributed by atoms with Crippen LogP contribution in [0, 0.1) is 35.5 Å². The zero-order chi connectivity index (χ0) is 57.5. The third-order valence-electron chi connectivity index (χ3n) is 13.0. The van der Waals surface area contributed by atoms with Crippen molar-refractivity contribution in [1.82, 2.24) is 47.9 Å². The summed E-state index contributed by atoms with van der Waals surface area (Å²) >= 11 is 0. The van der Waals surface area contributed by atoms with E-state index in [1.54, 1.807) is 83.1 Å². The molecule has 0 saturated carbocycles. The Morgan fingerprint density at radius 1 is 0.373 bits per heavy atom. The van der Waals surface area contributed by atoms with Crippen LogP contribution in [0.15, 0.2) is 0 Å². The van der Waals surface area contributed by atoms with Crippen molar-refractivity contribution in [1.29, 1.82) is 0 Å². The fourth-order valence-electron chi connectivity index (χ4n) is 8.27. The van der Waals surface area contributed by atoms with Crippen LogP contribution >= 0.6 is 0 Å². The first kappa shape index (κ1) is 69.7. The van der Waals surface area contributed by atoms with Gasteiger partial charge in [0.1, 0.15) is 48.3 Å². The lowest BCUT2D eigenvalue weighted by atomic mass is 9.96. The van der Waals surface area contributed by atoms with Crippen LogP contribution in [0.5, 0.6) is 0 Å². The fourth-order valence-corrected chi connectivity index (χ4v) is 8.27. The second-order valence-electron chi connectivity index (χ2n) is 22.1. The molecule has 75 heavy (non-hydrogen) atoms. The van der Waals surface area contributed by atoms with Gasteiger partial charge in [0.2, 0.25) is 59.1 Å². The maximum Gasteiger partial charge on any atom is 0.243 e. The normalized spacial score (nSPS) is 14.7. The molecule has 21 nitrogen and oxygen atoms in total. The molecule has 0 saturated heterocycles. The molecular formula is C54H101N11O10. The first-order chi connectivity index (χ1) is 35.1. The van der Waals surface area contributed by atoms with E-state index >= 15 is 0 Å². The van der Waals surface area contributed by atoms with E-state index in [1.165, 1.54) is 45.4 Å². The van der Waals surface area contributed by atoms with E-state index in [0.29, 0.717) is 32.4 Å². The quantitative estimate of drug-likeness (QED) is 0.0398. The molecule has 0 rings (SSSR count). The van der Waals surface area contributed by atoms with Crippen LogP contribution in [-0.2, 0) is 47.9 Å². The van der Waals surface area contributed by atoms with Crippen LogP contribution < -0.4 is 59.3 Å². The second-order valence-corrected chi connectivity index (χ2v) is 22.1. The molecule has 0 aliphatic rings. The van der Waals surface area contributed by atoms with Crippen LogP contribution in [-0.4, -0.2) is 120 Å². The average molecular weight is 1060 g/mol. The van der Waals surface area contributed by atoms with Crippen molar-refractivity contribution < 1.29 is 47.9 Å². The third-order valence-corrected chi connectivity index (χ3v) is 13.0. The van der Waals surface area contributed by atoms with Gasteiger partial charge in [-0.15, -0.1) is 0 Å². The molecule has 0 spiro atoms. The van der Waals surface area contributed by atoms with Crippen molar-refractivity contribution >= 4 is 59.1 Å². The van der Waals surface area contributed by atoms with Crippen LogP contribution in [0.4, 0.5) is 0 Å². The number of nitrogens with one attached hydrogen (secondary N) is 9. The first-order valence-corrected chi connectivity index (χ1v) is 27.8. The van der Waals surface area contributed by atoms with Crippen LogP contribution in [0.25, 0.3) is 0 Å². The van der Waals surface area contributed by atoms with Gasteiger partial charge in [-0.25, -0.2) is 0 Å². The number of nitrogens with two attached hydrogens (primary N) is 2. The summed E-state index contributed by atoms with van der Waals surface area (Å²) in [5, 5.41) is 24.3. The van der Waals surface area contributed by atoms with E-state index < -0.39 is 143 Å². The molecule has 0 aromatic carbocycles. The van der Waals surface area contributed by atoms with Crippen LogP contribution in [0.1, 0.15) is 187 Å². The topological polar surface area (TPSA) is 331 Å². The Hall–Kier alpha value is -5.34. The highest BCUT2D eigenvalue weighted by atomic mass is 16.2. The molecule has 10 amide bonds. The van der Waals surface area contributed by atoms with Gasteiger partial charge < -0.3 is 59.3 Å². The van der Waals surface area contributed by atoms with Crippen molar-refractivity contribution in [3.8, 4) is 0 Å². The number of amides is 10. The van der Waals surface area contributed by atoms with Crippen LogP contribution in [0.2, 0.25) is 0 Å². The van der Waals surface area contributed by atoms with E-state index in [1.807, 2.05) is 0 Å². The Kier molecular flexibility index (Phi) is 34.7. The fraction of sp³-hybridized carbons (Fsp3) is 0.815. The molecule has 0 radical (unpaired) electrons. The molecule has 0 aliphatic carbocycles. The lowest BCUT2D eigenvalue weighted by Gasteiger charge is -2.32. The van der Waals surface area contributed by atoms with E-state index in [-0.39, 0.29) is 6.42 Å². The average Bonchev–Trinajstić information content (AvgIpc) is 3.31. The van der Waals surface area contributed by atoms with Crippen molar-refractivity contribution in [2.45, 2.75) is 235 Å². The van der Waals surface area contributed by atoms with E-state index in [9.17, 15) is 47.9 Å². The lowest BCUT2D eigenvalue weighted by Crippen LogP contribution is -2.63. The smallest absolute Gasteiger partial charge is 0.243 e. The molecule has 0 heterocycles. The summed E-state index contributed by atoms with van der Waals surface area (Å²) in [6.07, 6.45) is 12.5. The zero-order valence-corrected chi connectivity index (χ0v) is 48.1. The number of carbonyl (C=O) groups is 10. The minimum Gasteiger partial charge on any atom is -0.368 e. The minimum absolute atomic E-state index is 0.307. The predicted octanol–water partition coefficient (Wildman–Crippen LogP) is 2.86. The van der Waals surface area contributed by atoms with Gasteiger partial charge in [-0.2, -0.15) is 0 Å². The number of hydrogen-bond acceptors (Lipinski definition) is 11. The van der Waals surface area contributed by atoms with Crippen LogP contribution in [0.3, 0.4) is 0 Å². The summed E-state index contributed by atoms with van der Waals surface area (Å²) in [7, 11) is 0. The highest BCUT2D eigenvalue weighted by Gasteiger charge is 2.38. The molecule has 0 fully saturated rings. The predicted molar refractivity (Wildman–Crippen MR) is 292 cm³/mol. The summed E-state index contributed by atoms with van der Waals surface area (Å²) in [5.41, 5.74) is 11.2. The summed E-state index contributed by atoms with van der Waals surface area (Å²) in [5.74, 6) is -9.51. The molecule has 13 N–H and O–H groups in total. The summed E-state index contributed by atoms with van der Waals surface area (Å²) in [4.78, 5) is 134. The lowest BCUT2D eigenvalue weighted by molar-refractivity contribution is -0.138. The standard InChI is InChI=1S/C54H101N11O10/c1-15-16-17-18-19-20-21-22-23-26-29-57-40(67)30-39(47(56)68)59-49(70)41(31(2)3)61-51(72)43(33(6)7)63-53(74)45(35(10)11)65-54(75)46(36(12)13)64-52(73)44(34(8)9)62-50(71)42(32(4)5)60-48(69)38(58-37(14)66)27-24-25-28-55/h31-36,38-39,41-46H,15-30,55H2,1-14H3,(H2,56,68)(H,57,67)(H,58,66)(H,59,70)(H,60,69)(H,61,72)(H,62,71)(H,63,74)(H,64,73)(H,65,75)/t38-,39-,41-,42-,43-,44-,45-,46-/m0/s1. The van der Waals surface area contributed by atoms with Crippen molar-refractivity contribution in [3.63, 3.8) is 0 Å². The maximum absolute atomic E-state index is 14.0. The Bertz CT molecular complexity index is 1810. The largest absolute Gasteiger partial charge is 0.368 e. The van der Waals surface area contributed by atoms with Gasteiger partial charge in [-0.3, -0.25) is 47.9 Å². The molecule has 0 aromatic heterocycles. The summed E-state index contributed by atoms with van der Waals surface area (Å²) < 4.78 is 0. The Balaban J connectivity index is 5.94.